The lowest BCUT2D eigenvalue weighted by atomic mass is 9.84. The van der Waals surface area contributed by atoms with Crippen molar-refractivity contribution in [1.82, 2.24) is 9.21 Å². The van der Waals surface area contributed by atoms with Crippen molar-refractivity contribution in [3.8, 4) is 0 Å². The van der Waals surface area contributed by atoms with Crippen molar-refractivity contribution in [3.63, 3.8) is 0 Å². The lowest BCUT2D eigenvalue weighted by molar-refractivity contribution is -0.137. The summed E-state index contributed by atoms with van der Waals surface area (Å²) in [7, 11) is -4.06. The van der Waals surface area contributed by atoms with E-state index in [1.54, 1.807) is 4.90 Å². The third kappa shape index (κ3) is 3.50. The van der Waals surface area contributed by atoms with E-state index in [9.17, 15) is 18.0 Å². The molecule has 1 N–H and O–H groups in total. The highest BCUT2D eigenvalue weighted by Crippen LogP contribution is 2.32. The van der Waals surface area contributed by atoms with E-state index in [0.29, 0.717) is 25.9 Å². The van der Waals surface area contributed by atoms with Crippen molar-refractivity contribution in [2.75, 3.05) is 19.6 Å². The van der Waals surface area contributed by atoms with E-state index in [4.69, 9.17) is 9.52 Å². The van der Waals surface area contributed by atoms with Gasteiger partial charge >= 0.3 is 5.97 Å². The second-order valence-corrected chi connectivity index (χ2v) is 9.55. The van der Waals surface area contributed by atoms with Gasteiger partial charge in [-0.1, -0.05) is 13.8 Å². The summed E-state index contributed by atoms with van der Waals surface area (Å²) in [6.07, 6.45) is 2.98. The second-order valence-electron chi connectivity index (χ2n) is 7.73. The fourth-order valence-electron chi connectivity index (χ4n) is 3.79. The first-order valence-corrected chi connectivity index (χ1v) is 10.2. The number of nitrogens with zero attached hydrogens (tertiary/aromatic N) is 2. The van der Waals surface area contributed by atoms with Crippen LogP contribution < -0.4 is 0 Å². The Hall–Kier alpha value is -1.87. The maximum absolute atomic E-state index is 13.0. The quantitative estimate of drug-likeness (QED) is 0.848. The van der Waals surface area contributed by atoms with Gasteiger partial charge in [0.2, 0.25) is 16.8 Å². The van der Waals surface area contributed by atoms with Gasteiger partial charge in [-0.3, -0.25) is 4.79 Å². The molecule has 1 atom stereocenters. The van der Waals surface area contributed by atoms with Crippen LogP contribution in [0.3, 0.4) is 0 Å². The van der Waals surface area contributed by atoms with Gasteiger partial charge < -0.3 is 14.4 Å². The number of amides is 1. The molecule has 8 nitrogen and oxygen atoms in total. The number of likely N-dealkylation sites (tertiary alicyclic amines) is 1. The Kier molecular flexibility index (Phi) is 4.87. The molecular weight excluding hydrogens is 360 g/mol. The summed E-state index contributed by atoms with van der Waals surface area (Å²) >= 11 is 0. The van der Waals surface area contributed by atoms with Crippen LogP contribution in [0.1, 0.15) is 50.1 Å². The van der Waals surface area contributed by atoms with Crippen molar-refractivity contribution >= 4 is 21.9 Å². The molecule has 3 rings (SSSR count). The highest BCUT2D eigenvalue weighted by Gasteiger charge is 2.43. The first-order chi connectivity index (χ1) is 12.1. The number of carbonyl (C=O) groups excluding carboxylic acids is 1. The monoisotopic (exact) mass is 384 g/mol. The predicted octanol–water partition coefficient (Wildman–Crippen LogP) is 1.78. The third-order valence-corrected chi connectivity index (χ3v) is 6.84. The molecule has 3 heterocycles. The van der Waals surface area contributed by atoms with E-state index in [1.165, 1.54) is 0 Å². The molecule has 0 radical (unpaired) electrons. The molecule has 1 aromatic rings. The van der Waals surface area contributed by atoms with Crippen LogP contribution in [-0.4, -0.2) is 60.3 Å². The number of rotatable bonds is 4. The van der Waals surface area contributed by atoms with Gasteiger partial charge in [0.05, 0.1) is 0 Å². The maximum Gasteiger partial charge on any atom is 0.371 e. The molecule has 2 fully saturated rings. The molecule has 0 aromatic carbocycles. The minimum atomic E-state index is -4.06. The minimum absolute atomic E-state index is 0.0214. The molecule has 1 unspecified atom stereocenters. The van der Waals surface area contributed by atoms with Crippen molar-refractivity contribution in [1.29, 1.82) is 0 Å². The Morgan fingerprint density at radius 1 is 1.23 bits per heavy atom. The Balaban J connectivity index is 1.82. The van der Waals surface area contributed by atoms with Gasteiger partial charge in [0.25, 0.3) is 10.0 Å². The second kappa shape index (κ2) is 6.70. The summed E-state index contributed by atoms with van der Waals surface area (Å²) in [4.78, 5) is 25.7. The zero-order chi connectivity index (χ0) is 19.1. The highest BCUT2D eigenvalue weighted by atomic mass is 32.2. The SMILES string of the molecule is CC1(C)CCCN(C(=O)C2CCCN2S(=O)(=O)c2ccc(C(=O)O)o2)C1. The topological polar surface area (TPSA) is 108 Å². The van der Waals surface area contributed by atoms with Crippen molar-refractivity contribution < 1.29 is 27.5 Å². The molecule has 0 bridgehead atoms. The van der Waals surface area contributed by atoms with Crippen LogP contribution in [0.25, 0.3) is 0 Å². The number of carboxylic acids is 1. The molecule has 1 amide bonds. The van der Waals surface area contributed by atoms with E-state index in [1.807, 2.05) is 0 Å². The number of sulfonamides is 1. The number of carboxylic acid groups (broad SMARTS) is 1. The molecule has 0 spiro atoms. The van der Waals surface area contributed by atoms with Crippen LogP contribution in [0, 0.1) is 5.41 Å². The first kappa shape index (κ1) is 18.9. The lowest BCUT2D eigenvalue weighted by Gasteiger charge is -2.40. The molecular formula is C17H24N2O6S. The number of piperidine rings is 1. The van der Waals surface area contributed by atoms with Gasteiger partial charge in [-0.15, -0.1) is 0 Å². The smallest absolute Gasteiger partial charge is 0.371 e. The average molecular weight is 384 g/mol. The Morgan fingerprint density at radius 3 is 2.58 bits per heavy atom. The lowest BCUT2D eigenvalue weighted by Crippen LogP contribution is -2.52. The van der Waals surface area contributed by atoms with E-state index in [0.717, 1.165) is 29.3 Å². The summed E-state index contributed by atoms with van der Waals surface area (Å²) in [5.41, 5.74) is 0.0214. The number of aromatic carboxylic acids is 1. The highest BCUT2D eigenvalue weighted by molar-refractivity contribution is 7.89. The van der Waals surface area contributed by atoms with Gasteiger partial charge in [0.1, 0.15) is 6.04 Å². The van der Waals surface area contributed by atoms with Gasteiger partial charge in [-0.2, -0.15) is 4.31 Å². The van der Waals surface area contributed by atoms with Crippen LogP contribution >= 0.6 is 0 Å². The molecule has 26 heavy (non-hydrogen) atoms. The van der Waals surface area contributed by atoms with E-state index in [2.05, 4.69) is 13.8 Å². The molecule has 2 aliphatic heterocycles. The zero-order valence-corrected chi connectivity index (χ0v) is 15.8. The minimum Gasteiger partial charge on any atom is -0.475 e. The Labute approximate surface area is 152 Å². The van der Waals surface area contributed by atoms with Crippen molar-refractivity contribution in [3.05, 3.63) is 17.9 Å². The largest absolute Gasteiger partial charge is 0.475 e. The Morgan fingerprint density at radius 2 is 1.96 bits per heavy atom. The van der Waals surface area contributed by atoms with E-state index < -0.39 is 32.9 Å². The molecule has 144 valence electrons. The summed E-state index contributed by atoms with van der Waals surface area (Å²) in [5, 5.41) is 8.49. The van der Waals surface area contributed by atoms with Crippen molar-refractivity contribution in [2.45, 2.75) is 50.7 Å². The van der Waals surface area contributed by atoms with Gasteiger partial charge in [-0.05, 0) is 43.2 Å². The van der Waals surface area contributed by atoms with Crippen LogP contribution in [0.2, 0.25) is 0 Å². The van der Waals surface area contributed by atoms with Gasteiger partial charge in [-0.25, -0.2) is 13.2 Å². The summed E-state index contributed by atoms with van der Waals surface area (Å²) in [6.45, 7) is 5.67. The summed E-state index contributed by atoms with van der Waals surface area (Å²) in [5.74, 6) is -1.96. The number of furan rings is 1. The number of hydrogen-bond acceptors (Lipinski definition) is 5. The van der Waals surface area contributed by atoms with Crippen LogP contribution in [-0.2, 0) is 14.8 Å². The Bertz CT molecular complexity index is 813. The molecule has 9 heteroatoms. The van der Waals surface area contributed by atoms with Gasteiger partial charge in [0, 0.05) is 19.6 Å². The third-order valence-electron chi connectivity index (χ3n) is 5.06. The van der Waals surface area contributed by atoms with E-state index in [-0.39, 0.29) is 17.9 Å². The summed E-state index contributed by atoms with van der Waals surface area (Å²) in [6, 6.07) is 1.48. The summed E-state index contributed by atoms with van der Waals surface area (Å²) < 4.78 is 31.9. The molecule has 2 saturated heterocycles. The predicted molar refractivity (Wildman–Crippen MR) is 92.2 cm³/mol. The fourth-order valence-corrected chi connectivity index (χ4v) is 5.35. The van der Waals surface area contributed by atoms with Crippen LogP contribution in [0.5, 0.6) is 0 Å². The molecule has 1 aromatic heterocycles. The molecule has 0 aliphatic carbocycles. The standard InChI is InChI=1S/C17H24N2O6S/c1-17(2)8-4-9-18(11-17)15(20)12-5-3-10-19(12)26(23,24)14-7-6-13(25-14)16(21)22/h6-7,12H,3-5,8-11H2,1-2H3,(H,21,22). The van der Waals surface area contributed by atoms with Crippen molar-refractivity contribution in [2.24, 2.45) is 5.41 Å². The first-order valence-electron chi connectivity index (χ1n) is 8.76. The molecule has 2 aliphatic rings. The zero-order valence-electron chi connectivity index (χ0n) is 15.0. The fraction of sp³-hybridized carbons (Fsp3) is 0.647. The average Bonchev–Trinajstić information content (AvgIpc) is 3.23. The maximum atomic E-state index is 13.0. The van der Waals surface area contributed by atoms with Gasteiger partial charge in [0.15, 0.2) is 0 Å². The van der Waals surface area contributed by atoms with Crippen LogP contribution in [0.4, 0.5) is 0 Å². The number of hydrogen-bond donors (Lipinski definition) is 1. The molecule has 0 saturated carbocycles. The van der Waals surface area contributed by atoms with E-state index >= 15 is 0 Å². The normalized spacial score (nSPS) is 23.9. The van der Waals surface area contributed by atoms with Crippen LogP contribution in [0.15, 0.2) is 21.6 Å². The number of carbonyl (C=O) groups is 2.